The summed E-state index contributed by atoms with van der Waals surface area (Å²) in [5, 5.41) is 2.92. The number of anilines is 2. The summed E-state index contributed by atoms with van der Waals surface area (Å²) >= 11 is 0. The molecule has 2 aromatic carbocycles. The van der Waals surface area contributed by atoms with E-state index >= 15 is 0 Å². The Morgan fingerprint density at radius 2 is 1.93 bits per heavy atom. The van der Waals surface area contributed by atoms with Gasteiger partial charge < -0.3 is 16.8 Å². The van der Waals surface area contributed by atoms with Gasteiger partial charge in [-0.05, 0) is 61.7 Å². The van der Waals surface area contributed by atoms with Crippen molar-refractivity contribution in [3.05, 3.63) is 59.2 Å². The second-order valence-electron chi connectivity index (χ2n) is 6.76. The van der Waals surface area contributed by atoms with Crippen LogP contribution in [-0.2, 0) is 11.3 Å². The Labute approximate surface area is 177 Å². The SMILES string of the molecule is Cc1ccc(N)cc1C(=O)Nc1cccc(CN2CCCC2C(N)=O)c1.Cl.Cl. The van der Waals surface area contributed by atoms with Crippen LogP contribution in [0.25, 0.3) is 0 Å². The number of nitrogens with one attached hydrogen (secondary N) is 1. The number of likely N-dealkylation sites (tertiary alicyclic amines) is 1. The number of nitrogens with two attached hydrogens (primary N) is 2. The van der Waals surface area contributed by atoms with Gasteiger partial charge in [0, 0.05) is 23.5 Å². The van der Waals surface area contributed by atoms with E-state index in [0.717, 1.165) is 30.5 Å². The largest absolute Gasteiger partial charge is 0.399 e. The Kier molecular flexibility index (Phi) is 8.75. The van der Waals surface area contributed by atoms with Crippen molar-refractivity contribution >= 4 is 48.0 Å². The highest BCUT2D eigenvalue weighted by Crippen LogP contribution is 2.22. The molecule has 1 unspecified atom stereocenters. The van der Waals surface area contributed by atoms with E-state index in [1.54, 1.807) is 12.1 Å². The van der Waals surface area contributed by atoms with Crippen molar-refractivity contribution in [1.82, 2.24) is 4.90 Å². The topological polar surface area (TPSA) is 101 Å². The first-order valence-corrected chi connectivity index (χ1v) is 8.74. The van der Waals surface area contributed by atoms with E-state index in [4.69, 9.17) is 11.5 Å². The van der Waals surface area contributed by atoms with Gasteiger partial charge in [-0.15, -0.1) is 24.8 Å². The molecule has 1 aliphatic heterocycles. The van der Waals surface area contributed by atoms with Crippen LogP contribution in [0.2, 0.25) is 0 Å². The predicted molar refractivity (Wildman–Crippen MR) is 117 cm³/mol. The lowest BCUT2D eigenvalue weighted by atomic mass is 10.1. The number of hydrogen-bond acceptors (Lipinski definition) is 4. The number of carbonyl (C=O) groups is 2. The maximum absolute atomic E-state index is 12.5. The highest BCUT2D eigenvalue weighted by atomic mass is 35.5. The molecule has 1 atom stereocenters. The van der Waals surface area contributed by atoms with Gasteiger partial charge in [-0.25, -0.2) is 0 Å². The van der Waals surface area contributed by atoms with Crippen LogP contribution >= 0.6 is 24.8 Å². The lowest BCUT2D eigenvalue weighted by molar-refractivity contribution is -0.122. The lowest BCUT2D eigenvalue weighted by Crippen LogP contribution is -2.39. The Hall–Kier alpha value is -2.28. The smallest absolute Gasteiger partial charge is 0.256 e. The quantitative estimate of drug-likeness (QED) is 0.641. The molecule has 1 aliphatic rings. The molecule has 0 saturated carbocycles. The second kappa shape index (κ2) is 10.3. The summed E-state index contributed by atoms with van der Waals surface area (Å²) in [6.45, 7) is 3.36. The molecule has 5 N–H and O–H groups in total. The van der Waals surface area contributed by atoms with E-state index in [0.29, 0.717) is 23.5 Å². The second-order valence-corrected chi connectivity index (χ2v) is 6.76. The van der Waals surface area contributed by atoms with E-state index in [1.165, 1.54) is 0 Å². The van der Waals surface area contributed by atoms with Crippen LogP contribution in [0, 0.1) is 6.92 Å². The number of nitrogen functional groups attached to an aromatic ring is 1. The van der Waals surface area contributed by atoms with Crippen LogP contribution in [0.1, 0.15) is 34.3 Å². The molecule has 1 saturated heterocycles. The van der Waals surface area contributed by atoms with Crippen molar-refractivity contribution in [3.63, 3.8) is 0 Å². The van der Waals surface area contributed by atoms with Gasteiger partial charge in [0.25, 0.3) is 5.91 Å². The monoisotopic (exact) mass is 424 g/mol. The molecule has 0 bridgehead atoms. The Bertz CT molecular complexity index is 845. The van der Waals surface area contributed by atoms with Gasteiger partial charge in [-0.2, -0.15) is 0 Å². The van der Waals surface area contributed by atoms with Crippen molar-refractivity contribution in [2.45, 2.75) is 32.4 Å². The number of primary amides is 1. The van der Waals surface area contributed by atoms with Crippen LogP contribution in [-0.4, -0.2) is 29.3 Å². The van der Waals surface area contributed by atoms with Gasteiger partial charge in [0.05, 0.1) is 6.04 Å². The molecule has 3 rings (SSSR count). The summed E-state index contributed by atoms with van der Waals surface area (Å²) in [6, 6.07) is 12.7. The fourth-order valence-electron chi connectivity index (χ4n) is 3.40. The summed E-state index contributed by atoms with van der Waals surface area (Å²) in [6.07, 6.45) is 1.78. The number of rotatable bonds is 5. The van der Waals surface area contributed by atoms with E-state index in [1.807, 2.05) is 37.3 Å². The van der Waals surface area contributed by atoms with Gasteiger partial charge >= 0.3 is 0 Å². The number of nitrogens with zero attached hydrogens (tertiary/aromatic N) is 1. The molecule has 2 aromatic rings. The molecule has 1 heterocycles. The van der Waals surface area contributed by atoms with Crippen molar-refractivity contribution in [1.29, 1.82) is 0 Å². The van der Waals surface area contributed by atoms with E-state index in [9.17, 15) is 9.59 Å². The Balaban J connectivity index is 0.00000196. The van der Waals surface area contributed by atoms with Gasteiger partial charge in [0.2, 0.25) is 5.91 Å². The summed E-state index contributed by atoms with van der Waals surface area (Å²) < 4.78 is 0. The van der Waals surface area contributed by atoms with Crippen LogP contribution in [0.3, 0.4) is 0 Å². The zero-order valence-corrected chi connectivity index (χ0v) is 17.3. The van der Waals surface area contributed by atoms with Crippen LogP contribution in [0.5, 0.6) is 0 Å². The number of halogens is 2. The predicted octanol–water partition coefficient (Wildman–Crippen LogP) is 3.12. The van der Waals surface area contributed by atoms with E-state index < -0.39 is 0 Å². The molecule has 28 heavy (non-hydrogen) atoms. The van der Waals surface area contributed by atoms with Crippen molar-refractivity contribution < 1.29 is 9.59 Å². The Morgan fingerprint density at radius 1 is 1.18 bits per heavy atom. The lowest BCUT2D eigenvalue weighted by Gasteiger charge is -2.22. The summed E-state index contributed by atoms with van der Waals surface area (Å²) in [4.78, 5) is 26.2. The van der Waals surface area contributed by atoms with Crippen molar-refractivity contribution in [2.75, 3.05) is 17.6 Å². The summed E-state index contributed by atoms with van der Waals surface area (Å²) in [7, 11) is 0. The number of benzene rings is 2. The molecule has 1 fully saturated rings. The van der Waals surface area contributed by atoms with Crippen molar-refractivity contribution in [2.24, 2.45) is 5.73 Å². The average molecular weight is 425 g/mol. The maximum atomic E-state index is 12.5. The first-order valence-electron chi connectivity index (χ1n) is 8.74. The fraction of sp³-hybridized carbons (Fsp3) is 0.300. The van der Waals surface area contributed by atoms with Gasteiger partial charge in [0.1, 0.15) is 0 Å². The zero-order chi connectivity index (χ0) is 18.7. The molecule has 6 nitrogen and oxygen atoms in total. The molecular weight excluding hydrogens is 399 g/mol. The van der Waals surface area contributed by atoms with Gasteiger partial charge in [-0.1, -0.05) is 18.2 Å². The molecule has 2 amide bonds. The molecular formula is C20H26Cl2N4O2. The van der Waals surface area contributed by atoms with Crippen LogP contribution in [0.4, 0.5) is 11.4 Å². The third-order valence-corrected chi connectivity index (χ3v) is 4.77. The molecule has 0 aliphatic carbocycles. The first-order chi connectivity index (χ1) is 12.4. The van der Waals surface area contributed by atoms with Crippen LogP contribution < -0.4 is 16.8 Å². The number of hydrogen-bond donors (Lipinski definition) is 3. The van der Waals surface area contributed by atoms with Gasteiger partial charge in [0.15, 0.2) is 0 Å². The third kappa shape index (κ3) is 5.61. The minimum atomic E-state index is -0.274. The summed E-state index contributed by atoms with van der Waals surface area (Å²) in [5.41, 5.74) is 15.0. The van der Waals surface area contributed by atoms with Crippen LogP contribution in [0.15, 0.2) is 42.5 Å². The standard InChI is InChI=1S/C20H24N4O2.2ClH/c1-13-7-8-15(21)11-17(13)20(26)23-16-5-2-4-14(10-16)12-24-9-3-6-18(24)19(22)25;;/h2,4-5,7-8,10-11,18H,3,6,9,12,21H2,1H3,(H2,22,25)(H,23,26);2*1H. The maximum Gasteiger partial charge on any atom is 0.256 e. The molecule has 152 valence electrons. The highest BCUT2D eigenvalue weighted by molar-refractivity contribution is 6.05. The highest BCUT2D eigenvalue weighted by Gasteiger charge is 2.28. The van der Waals surface area contributed by atoms with E-state index in [-0.39, 0.29) is 42.7 Å². The number of amides is 2. The van der Waals surface area contributed by atoms with E-state index in [2.05, 4.69) is 10.2 Å². The molecule has 0 aromatic heterocycles. The van der Waals surface area contributed by atoms with Gasteiger partial charge in [-0.3, -0.25) is 14.5 Å². The molecule has 0 spiro atoms. The Morgan fingerprint density at radius 3 is 2.64 bits per heavy atom. The molecule has 8 heteroatoms. The first kappa shape index (κ1) is 23.8. The minimum Gasteiger partial charge on any atom is -0.399 e. The number of carbonyl (C=O) groups excluding carboxylic acids is 2. The number of aryl methyl sites for hydroxylation is 1. The minimum absolute atomic E-state index is 0. The fourth-order valence-corrected chi connectivity index (χ4v) is 3.40. The third-order valence-electron chi connectivity index (χ3n) is 4.77. The zero-order valence-electron chi connectivity index (χ0n) is 15.7. The average Bonchev–Trinajstić information content (AvgIpc) is 3.05. The molecule has 0 radical (unpaired) electrons. The van der Waals surface area contributed by atoms with Crippen molar-refractivity contribution in [3.8, 4) is 0 Å². The summed E-state index contributed by atoms with van der Waals surface area (Å²) in [5.74, 6) is -0.466. The normalized spacial score (nSPS) is 16.0.